The second kappa shape index (κ2) is 7.55. The SMILES string of the molecule is CCC(O)CCNC(=O)C1CC(=O)N(C)C1c1ccc(F)cc1. The van der Waals surface area contributed by atoms with E-state index < -0.39 is 12.0 Å². The molecule has 2 rings (SSSR count). The Labute approximate surface area is 135 Å². The van der Waals surface area contributed by atoms with Crippen LogP contribution in [0.2, 0.25) is 0 Å². The minimum atomic E-state index is -0.503. The second-order valence-corrected chi connectivity index (χ2v) is 5.95. The van der Waals surface area contributed by atoms with Gasteiger partial charge >= 0.3 is 0 Å². The molecule has 1 saturated heterocycles. The number of halogens is 1. The van der Waals surface area contributed by atoms with Gasteiger partial charge in [-0.1, -0.05) is 19.1 Å². The van der Waals surface area contributed by atoms with Gasteiger partial charge in [0.05, 0.1) is 18.1 Å². The molecule has 126 valence electrons. The first-order valence-electron chi connectivity index (χ1n) is 7.91. The number of carbonyl (C=O) groups excluding carboxylic acids is 2. The maximum absolute atomic E-state index is 13.1. The number of aliphatic hydroxyl groups is 1. The summed E-state index contributed by atoms with van der Waals surface area (Å²) in [7, 11) is 1.66. The van der Waals surface area contributed by atoms with Gasteiger partial charge in [-0.05, 0) is 30.5 Å². The first-order valence-corrected chi connectivity index (χ1v) is 7.91. The van der Waals surface area contributed by atoms with Crippen LogP contribution in [0.3, 0.4) is 0 Å². The fraction of sp³-hybridized carbons (Fsp3) is 0.529. The molecular formula is C17H23FN2O3. The number of likely N-dealkylation sites (tertiary alicyclic amines) is 1. The number of hydrogen-bond acceptors (Lipinski definition) is 3. The van der Waals surface area contributed by atoms with Gasteiger partial charge in [-0.15, -0.1) is 0 Å². The monoisotopic (exact) mass is 322 g/mol. The molecule has 0 aromatic heterocycles. The third-order valence-electron chi connectivity index (χ3n) is 4.38. The van der Waals surface area contributed by atoms with Crippen LogP contribution in [0, 0.1) is 11.7 Å². The molecule has 5 nitrogen and oxygen atoms in total. The molecular weight excluding hydrogens is 299 g/mol. The standard InChI is InChI=1S/C17H23FN2O3/c1-3-13(21)8-9-19-17(23)14-10-15(22)20(2)16(14)11-4-6-12(18)7-5-11/h4-7,13-14,16,21H,3,8-10H2,1-2H3,(H,19,23). The van der Waals surface area contributed by atoms with Gasteiger partial charge < -0.3 is 15.3 Å². The van der Waals surface area contributed by atoms with Crippen molar-refractivity contribution < 1.29 is 19.1 Å². The zero-order valence-corrected chi connectivity index (χ0v) is 13.5. The van der Waals surface area contributed by atoms with Crippen LogP contribution in [0.5, 0.6) is 0 Å². The fourth-order valence-corrected chi connectivity index (χ4v) is 2.92. The number of hydrogen-bond donors (Lipinski definition) is 2. The molecule has 0 spiro atoms. The largest absolute Gasteiger partial charge is 0.393 e. The van der Waals surface area contributed by atoms with Gasteiger partial charge in [0.15, 0.2) is 0 Å². The quantitative estimate of drug-likeness (QED) is 0.836. The van der Waals surface area contributed by atoms with Gasteiger partial charge in [-0.25, -0.2) is 4.39 Å². The Balaban J connectivity index is 2.07. The van der Waals surface area contributed by atoms with Crippen LogP contribution >= 0.6 is 0 Å². The van der Waals surface area contributed by atoms with E-state index in [0.717, 1.165) is 5.56 Å². The molecule has 0 saturated carbocycles. The molecule has 0 radical (unpaired) electrons. The van der Waals surface area contributed by atoms with Crippen LogP contribution in [-0.4, -0.2) is 41.5 Å². The zero-order chi connectivity index (χ0) is 17.0. The molecule has 1 aromatic carbocycles. The van der Waals surface area contributed by atoms with Crippen molar-refractivity contribution in [3.05, 3.63) is 35.6 Å². The molecule has 3 unspecified atom stereocenters. The maximum Gasteiger partial charge on any atom is 0.226 e. The van der Waals surface area contributed by atoms with E-state index in [2.05, 4.69) is 5.32 Å². The Morgan fingerprint density at radius 2 is 2.09 bits per heavy atom. The van der Waals surface area contributed by atoms with Crippen LogP contribution < -0.4 is 5.32 Å². The fourth-order valence-electron chi connectivity index (χ4n) is 2.92. The van der Waals surface area contributed by atoms with Crippen molar-refractivity contribution in [2.45, 2.75) is 38.3 Å². The van der Waals surface area contributed by atoms with Crippen molar-refractivity contribution in [3.63, 3.8) is 0 Å². The van der Waals surface area contributed by atoms with E-state index in [-0.39, 0.29) is 30.1 Å². The average molecular weight is 322 g/mol. The molecule has 1 heterocycles. The Morgan fingerprint density at radius 1 is 1.43 bits per heavy atom. The van der Waals surface area contributed by atoms with E-state index in [1.807, 2.05) is 6.92 Å². The van der Waals surface area contributed by atoms with Crippen molar-refractivity contribution in [2.75, 3.05) is 13.6 Å². The van der Waals surface area contributed by atoms with Crippen LogP contribution in [0.25, 0.3) is 0 Å². The van der Waals surface area contributed by atoms with Crippen LogP contribution in [-0.2, 0) is 9.59 Å². The van der Waals surface area contributed by atoms with Gasteiger partial charge in [-0.2, -0.15) is 0 Å². The number of nitrogens with one attached hydrogen (secondary N) is 1. The highest BCUT2D eigenvalue weighted by Crippen LogP contribution is 2.37. The lowest BCUT2D eigenvalue weighted by Gasteiger charge is -2.25. The third kappa shape index (κ3) is 4.07. The van der Waals surface area contributed by atoms with Gasteiger partial charge in [-0.3, -0.25) is 9.59 Å². The highest BCUT2D eigenvalue weighted by atomic mass is 19.1. The number of nitrogens with zero attached hydrogens (tertiary/aromatic N) is 1. The molecule has 1 fully saturated rings. The summed E-state index contributed by atoms with van der Waals surface area (Å²) in [5.41, 5.74) is 0.744. The summed E-state index contributed by atoms with van der Waals surface area (Å²) in [5.74, 6) is -1.17. The zero-order valence-electron chi connectivity index (χ0n) is 13.5. The Kier molecular flexibility index (Phi) is 5.71. The summed E-state index contributed by atoms with van der Waals surface area (Å²) < 4.78 is 13.1. The number of amides is 2. The van der Waals surface area contributed by atoms with Crippen LogP contribution in [0.1, 0.15) is 37.8 Å². The van der Waals surface area contributed by atoms with Crippen molar-refractivity contribution in [1.82, 2.24) is 10.2 Å². The molecule has 1 aliphatic rings. The van der Waals surface area contributed by atoms with Crippen molar-refractivity contribution in [3.8, 4) is 0 Å². The number of benzene rings is 1. The van der Waals surface area contributed by atoms with E-state index in [1.165, 1.54) is 12.1 Å². The highest BCUT2D eigenvalue weighted by molar-refractivity contribution is 5.90. The summed E-state index contributed by atoms with van der Waals surface area (Å²) >= 11 is 0. The summed E-state index contributed by atoms with van der Waals surface area (Å²) in [6.07, 6.45) is 0.829. The Morgan fingerprint density at radius 3 is 2.70 bits per heavy atom. The van der Waals surface area contributed by atoms with E-state index in [9.17, 15) is 19.1 Å². The molecule has 1 aromatic rings. The van der Waals surface area contributed by atoms with E-state index >= 15 is 0 Å². The minimum Gasteiger partial charge on any atom is -0.393 e. The molecule has 1 aliphatic heterocycles. The number of aliphatic hydroxyl groups excluding tert-OH is 1. The Hall–Kier alpha value is -1.95. The molecule has 0 aliphatic carbocycles. The van der Waals surface area contributed by atoms with Crippen LogP contribution in [0.4, 0.5) is 4.39 Å². The van der Waals surface area contributed by atoms with Crippen molar-refractivity contribution in [1.29, 1.82) is 0 Å². The predicted molar refractivity (Wildman–Crippen MR) is 83.9 cm³/mol. The summed E-state index contributed by atoms with van der Waals surface area (Å²) in [6.45, 7) is 2.25. The predicted octanol–water partition coefficient (Wildman–Crippen LogP) is 1.62. The van der Waals surface area contributed by atoms with Gasteiger partial charge in [0.1, 0.15) is 5.82 Å². The van der Waals surface area contributed by atoms with Crippen molar-refractivity contribution >= 4 is 11.8 Å². The van der Waals surface area contributed by atoms with E-state index in [0.29, 0.717) is 19.4 Å². The number of carbonyl (C=O) groups is 2. The minimum absolute atomic E-state index is 0.104. The second-order valence-electron chi connectivity index (χ2n) is 5.95. The van der Waals surface area contributed by atoms with Gasteiger partial charge in [0.25, 0.3) is 0 Å². The average Bonchev–Trinajstić information content (AvgIpc) is 2.83. The molecule has 3 atom stereocenters. The molecule has 0 bridgehead atoms. The highest BCUT2D eigenvalue weighted by Gasteiger charge is 2.42. The lowest BCUT2D eigenvalue weighted by Crippen LogP contribution is -2.35. The summed E-state index contributed by atoms with van der Waals surface area (Å²) in [6, 6.07) is 5.49. The summed E-state index contributed by atoms with van der Waals surface area (Å²) in [5, 5.41) is 12.3. The normalized spacial score (nSPS) is 22.3. The molecule has 6 heteroatoms. The smallest absolute Gasteiger partial charge is 0.226 e. The van der Waals surface area contributed by atoms with Crippen LogP contribution in [0.15, 0.2) is 24.3 Å². The van der Waals surface area contributed by atoms with Gasteiger partial charge in [0.2, 0.25) is 11.8 Å². The molecule has 23 heavy (non-hydrogen) atoms. The Bertz CT molecular complexity index is 561. The lowest BCUT2D eigenvalue weighted by atomic mass is 9.93. The van der Waals surface area contributed by atoms with Crippen molar-refractivity contribution in [2.24, 2.45) is 5.92 Å². The first-order chi connectivity index (χ1) is 10.9. The van der Waals surface area contributed by atoms with Gasteiger partial charge in [0, 0.05) is 20.0 Å². The summed E-state index contributed by atoms with van der Waals surface area (Å²) in [4.78, 5) is 26.0. The molecule has 2 N–H and O–H groups in total. The molecule has 2 amide bonds. The van der Waals surface area contributed by atoms with E-state index in [1.54, 1.807) is 24.1 Å². The lowest BCUT2D eigenvalue weighted by molar-refractivity contribution is -0.128. The topological polar surface area (TPSA) is 69.6 Å². The third-order valence-corrected chi connectivity index (χ3v) is 4.38. The van der Waals surface area contributed by atoms with E-state index in [4.69, 9.17) is 0 Å². The number of rotatable bonds is 6. The maximum atomic E-state index is 13.1. The first kappa shape index (κ1) is 17.4.